The third kappa shape index (κ3) is 4.12. The van der Waals surface area contributed by atoms with E-state index >= 15 is 0 Å². The second kappa shape index (κ2) is 7.56. The molecule has 2 rings (SSSR count). The van der Waals surface area contributed by atoms with E-state index in [9.17, 15) is 4.39 Å². The molecular formula is C13H20ClFN2O. The van der Waals surface area contributed by atoms with Crippen LogP contribution in [0.4, 0.5) is 4.39 Å². The minimum absolute atomic E-state index is 0. The minimum Gasteiger partial charge on any atom is -0.489 e. The van der Waals surface area contributed by atoms with E-state index in [4.69, 9.17) is 4.74 Å². The van der Waals surface area contributed by atoms with Crippen LogP contribution in [0.3, 0.4) is 0 Å². The molecule has 0 aromatic heterocycles. The van der Waals surface area contributed by atoms with Gasteiger partial charge in [0.2, 0.25) is 0 Å². The number of para-hydroxylation sites is 1. The highest BCUT2D eigenvalue weighted by Crippen LogP contribution is 2.15. The smallest absolute Gasteiger partial charge is 0.165 e. The number of piperazine rings is 1. The van der Waals surface area contributed by atoms with Crippen LogP contribution in [0.25, 0.3) is 0 Å². The van der Waals surface area contributed by atoms with Crippen molar-refractivity contribution in [1.29, 1.82) is 0 Å². The highest BCUT2D eigenvalue weighted by atomic mass is 35.5. The Morgan fingerprint density at radius 1 is 1.44 bits per heavy atom. The second-order valence-corrected chi connectivity index (χ2v) is 4.37. The fraction of sp³-hybridized carbons (Fsp3) is 0.538. The van der Waals surface area contributed by atoms with Gasteiger partial charge >= 0.3 is 0 Å². The zero-order chi connectivity index (χ0) is 12.1. The molecule has 0 aliphatic carbocycles. The lowest BCUT2D eigenvalue weighted by Gasteiger charge is -2.33. The maximum atomic E-state index is 13.3. The van der Waals surface area contributed by atoms with Gasteiger partial charge in [0, 0.05) is 32.2 Å². The van der Waals surface area contributed by atoms with Crippen molar-refractivity contribution in [3.05, 3.63) is 30.1 Å². The largest absolute Gasteiger partial charge is 0.489 e. The molecule has 0 radical (unpaired) electrons. The fourth-order valence-electron chi connectivity index (χ4n) is 2.05. The summed E-state index contributed by atoms with van der Waals surface area (Å²) in [6.45, 7) is 6.63. The molecule has 0 amide bonds. The number of halogens is 2. The third-order valence-corrected chi connectivity index (χ3v) is 3.11. The van der Waals surface area contributed by atoms with Gasteiger partial charge < -0.3 is 10.1 Å². The van der Waals surface area contributed by atoms with Crippen molar-refractivity contribution >= 4 is 12.4 Å². The summed E-state index contributed by atoms with van der Waals surface area (Å²) in [6.07, 6.45) is 0. The summed E-state index contributed by atoms with van der Waals surface area (Å²) in [7, 11) is 0. The number of nitrogens with zero attached hydrogens (tertiary/aromatic N) is 1. The summed E-state index contributed by atoms with van der Waals surface area (Å²) in [6, 6.07) is 7.05. The Morgan fingerprint density at radius 3 is 2.94 bits per heavy atom. The van der Waals surface area contributed by atoms with E-state index in [-0.39, 0.29) is 18.2 Å². The van der Waals surface area contributed by atoms with Gasteiger partial charge in [0.05, 0.1) is 0 Å². The average Bonchev–Trinajstić information content (AvgIpc) is 2.34. The van der Waals surface area contributed by atoms with Gasteiger partial charge in [-0.15, -0.1) is 12.4 Å². The summed E-state index contributed by atoms with van der Waals surface area (Å²) >= 11 is 0. The number of hydrogen-bond donors (Lipinski definition) is 1. The number of ether oxygens (including phenoxy) is 1. The van der Waals surface area contributed by atoms with E-state index in [0.717, 1.165) is 26.2 Å². The Morgan fingerprint density at radius 2 is 2.22 bits per heavy atom. The molecule has 1 saturated heterocycles. The zero-order valence-corrected chi connectivity index (χ0v) is 11.4. The first-order valence-electron chi connectivity index (χ1n) is 6.09. The minimum atomic E-state index is -0.291. The van der Waals surface area contributed by atoms with Gasteiger partial charge in [-0.05, 0) is 19.1 Å². The van der Waals surface area contributed by atoms with Crippen molar-refractivity contribution in [3.63, 3.8) is 0 Å². The van der Waals surface area contributed by atoms with E-state index in [1.807, 2.05) is 0 Å². The van der Waals surface area contributed by atoms with Gasteiger partial charge in [0.15, 0.2) is 11.6 Å². The van der Waals surface area contributed by atoms with Crippen LogP contribution >= 0.6 is 12.4 Å². The lowest BCUT2D eigenvalue weighted by atomic mass is 10.2. The Balaban J connectivity index is 0.00000162. The first-order chi connectivity index (χ1) is 8.27. The molecule has 1 N–H and O–H groups in total. The lowest BCUT2D eigenvalue weighted by molar-refractivity contribution is 0.142. The van der Waals surface area contributed by atoms with Crippen molar-refractivity contribution < 1.29 is 9.13 Å². The van der Waals surface area contributed by atoms with Crippen LogP contribution in [0.1, 0.15) is 6.92 Å². The van der Waals surface area contributed by atoms with Crippen molar-refractivity contribution in [1.82, 2.24) is 10.2 Å². The molecule has 0 unspecified atom stereocenters. The van der Waals surface area contributed by atoms with Crippen LogP contribution in [-0.2, 0) is 0 Å². The molecule has 0 spiro atoms. The van der Waals surface area contributed by atoms with Gasteiger partial charge in [0.1, 0.15) is 6.61 Å². The quantitative estimate of drug-likeness (QED) is 0.908. The number of benzene rings is 1. The highest BCUT2D eigenvalue weighted by molar-refractivity contribution is 5.85. The molecule has 1 aromatic rings. The monoisotopic (exact) mass is 274 g/mol. The fourth-order valence-corrected chi connectivity index (χ4v) is 2.05. The van der Waals surface area contributed by atoms with Crippen LogP contribution in [-0.4, -0.2) is 43.7 Å². The summed E-state index contributed by atoms with van der Waals surface area (Å²) in [4.78, 5) is 2.36. The summed E-state index contributed by atoms with van der Waals surface area (Å²) in [5.74, 6) is 0.0520. The van der Waals surface area contributed by atoms with Crippen LogP contribution in [0.2, 0.25) is 0 Å². The molecule has 1 aliphatic rings. The van der Waals surface area contributed by atoms with Gasteiger partial charge in [-0.1, -0.05) is 12.1 Å². The van der Waals surface area contributed by atoms with E-state index in [1.165, 1.54) is 6.07 Å². The van der Waals surface area contributed by atoms with Crippen molar-refractivity contribution in [3.8, 4) is 5.75 Å². The van der Waals surface area contributed by atoms with Crippen molar-refractivity contribution in [2.24, 2.45) is 0 Å². The molecule has 1 fully saturated rings. The molecular weight excluding hydrogens is 255 g/mol. The standard InChI is InChI=1S/C13H19FN2O.ClH/c1-11-10-15-6-7-16(11)8-9-17-13-5-3-2-4-12(13)14;/h2-5,11,15H,6-10H2,1H3;1H/t11-;/m0./s1. The van der Waals surface area contributed by atoms with E-state index in [2.05, 4.69) is 17.1 Å². The van der Waals surface area contributed by atoms with Gasteiger partial charge in [-0.2, -0.15) is 0 Å². The molecule has 0 saturated carbocycles. The van der Waals surface area contributed by atoms with E-state index < -0.39 is 0 Å². The topological polar surface area (TPSA) is 24.5 Å². The molecule has 3 nitrogen and oxygen atoms in total. The van der Waals surface area contributed by atoms with Crippen molar-refractivity contribution in [2.45, 2.75) is 13.0 Å². The van der Waals surface area contributed by atoms with E-state index in [1.54, 1.807) is 18.2 Å². The van der Waals surface area contributed by atoms with Gasteiger partial charge in [0.25, 0.3) is 0 Å². The Bertz CT molecular complexity index is 365. The second-order valence-electron chi connectivity index (χ2n) is 4.37. The molecule has 1 heterocycles. The van der Waals surface area contributed by atoms with Gasteiger partial charge in [-0.25, -0.2) is 4.39 Å². The van der Waals surface area contributed by atoms with Gasteiger partial charge in [-0.3, -0.25) is 4.90 Å². The SMILES string of the molecule is C[C@H]1CNCCN1CCOc1ccccc1F.Cl. The maximum Gasteiger partial charge on any atom is 0.165 e. The predicted molar refractivity (Wildman–Crippen MR) is 73.0 cm³/mol. The van der Waals surface area contributed by atoms with Crippen molar-refractivity contribution in [2.75, 3.05) is 32.8 Å². The lowest BCUT2D eigenvalue weighted by Crippen LogP contribution is -2.50. The number of hydrogen-bond acceptors (Lipinski definition) is 3. The highest BCUT2D eigenvalue weighted by Gasteiger charge is 2.17. The van der Waals surface area contributed by atoms with E-state index in [0.29, 0.717) is 18.4 Å². The Labute approximate surface area is 114 Å². The number of nitrogens with one attached hydrogen (secondary N) is 1. The molecule has 18 heavy (non-hydrogen) atoms. The third-order valence-electron chi connectivity index (χ3n) is 3.11. The maximum absolute atomic E-state index is 13.3. The van der Waals surface area contributed by atoms with Crippen LogP contribution in [0, 0.1) is 5.82 Å². The Kier molecular flexibility index (Phi) is 6.39. The normalized spacial score (nSPS) is 20.2. The average molecular weight is 275 g/mol. The molecule has 0 bridgehead atoms. The molecule has 5 heteroatoms. The molecule has 1 atom stereocenters. The number of rotatable bonds is 4. The zero-order valence-electron chi connectivity index (χ0n) is 10.6. The molecule has 1 aliphatic heterocycles. The first-order valence-corrected chi connectivity index (χ1v) is 6.09. The summed E-state index contributed by atoms with van der Waals surface area (Å²) in [5.41, 5.74) is 0. The predicted octanol–water partition coefficient (Wildman–Crippen LogP) is 1.92. The van der Waals surface area contributed by atoms with Crippen LogP contribution in [0.15, 0.2) is 24.3 Å². The van der Waals surface area contributed by atoms with Crippen LogP contribution < -0.4 is 10.1 Å². The first kappa shape index (κ1) is 15.2. The Hall–Kier alpha value is -0.840. The summed E-state index contributed by atoms with van der Waals surface area (Å²) < 4.78 is 18.7. The molecule has 1 aromatic carbocycles. The summed E-state index contributed by atoms with van der Waals surface area (Å²) in [5, 5.41) is 3.34. The van der Waals surface area contributed by atoms with Crippen LogP contribution in [0.5, 0.6) is 5.75 Å². The molecule has 102 valence electrons.